The molecule has 0 aliphatic heterocycles. The maximum Gasteiger partial charge on any atom is 0.224 e. The van der Waals surface area contributed by atoms with Crippen LogP contribution in [0.1, 0.15) is 30.0 Å². The number of carbonyl (C=O) groups excluding carboxylic acids is 1. The van der Waals surface area contributed by atoms with Gasteiger partial charge in [-0.2, -0.15) is 0 Å². The number of carbonyl (C=O) groups is 1. The van der Waals surface area contributed by atoms with Crippen molar-refractivity contribution in [2.24, 2.45) is 0 Å². The van der Waals surface area contributed by atoms with E-state index in [4.69, 9.17) is 5.11 Å². The normalized spacial score (nSPS) is 12.2. The summed E-state index contributed by atoms with van der Waals surface area (Å²) in [6.07, 6.45) is 0.636. The second-order valence-corrected chi connectivity index (χ2v) is 4.58. The first-order chi connectivity index (χ1) is 7.99. The molecule has 1 aromatic carbocycles. The van der Waals surface area contributed by atoms with E-state index in [2.05, 4.69) is 12.2 Å². The molecule has 94 valence electrons. The zero-order valence-corrected chi connectivity index (χ0v) is 10.8. The van der Waals surface area contributed by atoms with E-state index in [1.54, 1.807) is 6.92 Å². The van der Waals surface area contributed by atoms with Crippen LogP contribution in [0.2, 0.25) is 0 Å². The molecule has 17 heavy (non-hydrogen) atoms. The molecule has 0 fully saturated rings. The van der Waals surface area contributed by atoms with Gasteiger partial charge in [-0.1, -0.05) is 18.2 Å². The molecule has 1 rings (SSSR count). The average Bonchev–Trinajstić information content (AvgIpc) is 2.23. The Morgan fingerprint density at radius 1 is 1.35 bits per heavy atom. The topological polar surface area (TPSA) is 49.3 Å². The van der Waals surface area contributed by atoms with E-state index in [1.807, 2.05) is 25.1 Å². The third kappa shape index (κ3) is 5.00. The molecule has 1 atom stereocenters. The lowest BCUT2D eigenvalue weighted by molar-refractivity contribution is -0.120. The van der Waals surface area contributed by atoms with Crippen LogP contribution in [0.3, 0.4) is 0 Å². The Hall–Kier alpha value is -1.35. The van der Waals surface area contributed by atoms with Crippen molar-refractivity contribution in [3.63, 3.8) is 0 Å². The molecule has 0 heterocycles. The summed E-state index contributed by atoms with van der Waals surface area (Å²) in [5.74, 6) is 0.00824. The van der Waals surface area contributed by atoms with Crippen molar-refractivity contribution < 1.29 is 9.90 Å². The van der Waals surface area contributed by atoms with Crippen molar-refractivity contribution in [1.29, 1.82) is 0 Å². The minimum absolute atomic E-state index is 0.00824. The molecule has 0 spiro atoms. The van der Waals surface area contributed by atoms with Gasteiger partial charge in [-0.15, -0.1) is 0 Å². The number of hydrogen-bond acceptors (Lipinski definition) is 2. The zero-order chi connectivity index (χ0) is 12.8. The number of nitrogens with one attached hydrogen (secondary N) is 1. The van der Waals surface area contributed by atoms with Crippen LogP contribution in [-0.2, 0) is 11.2 Å². The number of benzene rings is 1. The lowest BCUT2D eigenvalue weighted by Gasteiger charge is -2.08. The molecular weight excluding hydrogens is 214 g/mol. The fraction of sp³-hybridized carbons (Fsp3) is 0.500. The van der Waals surface area contributed by atoms with Gasteiger partial charge in [-0.25, -0.2) is 0 Å². The first kappa shape index (κ1) is 13.7. The van der Waals surface area contributed by atoms with E-state index in [-0.39, 0.29) is 12.0 Å². The van der Waals surface area contributed by atoms with Crippen molar-refractivity contribution in [2.45, 2.75) is 39.7 Å². The van der Waals surface area contributed by atoms with Crippen molar-refractivity contribution in [2.75, 3.05) is 6.54 Å². The van der Waals surface area contributed by atoms with Crippen molar-refractivity contribution in [3.05, 3.63) is 34.9 Å². The molecule has 0 aliphatic rings. The largest absolute Gasteiger partial charge is 0.393 e. The number of amides is 1. The van der Waals surface area contributed by atoms with E-state index in [1.165, 1.54) is 11.1 Å². The van der Waals surface area contributed by atoms with Crippen LogP contribution < -0.4 is 5.32 Å². The minimum Gasteiger partial charge on any atom is -0.393 e. The summed E-state index contributed by atoms with van der Waals surface area (Å²) in [6.45, 7) is 6.35. The summed E-state index contributed by atoms with van der Waals surface area (Å²) < 4.78 is 0. The Bertz CT molecular complexity index is 386. The number of aryl methyl sites for hydroxylation is 2. The van der Waals surface area contributed by atoms with Gasteiger partial charge in [0.2, 0.25) is 5.91 Å². The maximum atomic E-state index is 11.6. The number of aliphatic hydroxyl groups excluding tert-OH is 1. The molecule has 0 aliphatic carbocycles. The molecule has 3 heteroatoms. The van der Waals surface area contributed by atoms with E-state index >= 15 is 0 Å². The van der Waals surface area contributed by atoms with Gasteiger partial charge in [0.1, 0.15) is 0 Å². The molecule has 0 saturated carbocycles. The predicted octanol–water partition coefficient (Wildman–Crippen LogP) is 1.73. The van der Waals surface area contributed by atoms with E-state index in [0.717, 1.165) is 5.56 Å². The van der Waals surface area contributed by atoms with Crippen LogP contribution in [0.4, 0.5) is 0 Å². The Morgan fingerprint density at radius 3 is 2.65 bits per heavy atom. The van der Waals surface area contributed by atoms with Crippen LogP contribution in [0, 0.1) is 13.8 Å². The Morgan fingerprint density at radius 2 is 2.06 bits per heavy atom. The highest BCUT2D eigenvalue weighted by Crippen LogP contribution is 2.10. The third-order valence-corrected chi connectivity index (χ3v) is 2.82. The van der Waals surface area contributed by atoms with Crippen LogP contribution >= 0.6 is 0 Å². The molecule has 0 saturated heterocycles. The summed E-state index contributed by atoms with van der Waals surface area (Å²) in [5, 5.41) is 11.9. The summed E-state index contributed by atoms with van der Waals surface area (Å²) in [4.78, 5) is 11.6. The summed E-state index contributed by atoms with van der Waals surface area (Å²) >= 11 is 0. The first-order valence-electron chi connectivity index (χ1n) is 6.00. The molecule has 3 nitrogen and oxygen atoms in total. The van der Waals surface area contributed by atoms with Gasteiger partial charge in [-0.05, 0) is 43.9 Å². The van der Waals surface area contributed by atoms with Crippen LogP contribution in [0.25, 0.3) is 0 Å². The maximum absolute atomic E-state index is 11.6. The molecule has 0 aromatic heterocycles. The van der Waals surface area contributed by atoms with Crippen LogP contribution in [0.15, 0.2) is 18.2 Å². The van der Waals surface area contributed by atoms with Gasteiger partial charge in [0.05, 0.1) is 12.5 Å². The van der Waals surface area contributed by atoms with Gasteiger partial charge in [0, 0.05) is 6.54 Å². The average molecular weight is 235 g/mol. The quantitative estimate of drug-likeness (QED) is 0.816. The zero-order valence-electron chi connectivity index (χ0n) is 10.8. The van der Waals surface area contributed by atoms with Gasteiger partial charge in [-0.3, -0.25) is 4.79 Å². The lowest BCUT2D eigenvalue weighted by Crippen LogP contribution is -2.27. The number of hydrogen-bond donors (Lipinski definition) is 2. The monoisotopic (exact) mass is 235 g/mol. The Labute approximate surface area is 103 Å². The predicted molar refractivity (Wildman–Crippen MR) is 68.9 cm³/mol. The lowest BCUT2D eigenvalue weighted by atomic mass is 10.0. The van der Waals surface area contributed by atoms with Gasteiger partial charge >= 0.3 is 0 Å². The molecule has 1 unspecified atom stereocenters. The SMILES string of the molecule is Cc1ccc(CC(=O)NCCC(C)O)cc1C. The standard InChI is InChI=1S/C14H21NO2/c1-10-4-5-13(8-11(10)2)9-14(17)15-7-6-12(3)16/h4-5,8,12,16H,6-7,9H2,1-3H3,(H,15,17). The number of rotatable bonds is 5. The van der Waals surface area contributed by atoms with Crippen molar-refractivity contribution in [3.8, 4) is 0 Å². The third-order valence-electron chi connectivity index (χ3n) is 2.82. The van der Waals surface area contributed by atoms with E-state index in [9.17, 15) is 4.79 Å². The smallest absolute Gasteiger partial charge is 0.224 e. The number of aliphatic hydroxyl groups is 1. The van der Waals surface area contributed by atoms with Crippen LogP contribution in [0.5, 0.6) is 0 Å². The van der Waals surface area contributed by atoms with Crippen LogP contribution in [-0.4, -0.2) is 23.7 Å². The molecule has 1 amide bonds. The van der Waals surface area contributed by atoms with Crippen molar-refractivity contribution >= 4 is 5.91 Å². The highest BCUT2D eigenvalue weighted by atomic mass is 16.3. The fourth-order valence-electron chi connectivity index (χ4n) is 1.58. The molecule has 0 radical (unpaired) electrons. The highest BCUT2D eigenvalue weighted by Gasteiger charge is 2.04. The molecular formula is C14H21NO2. The first-order valence-corrected chi connectivity index (χ1v) is 6.00. The second-order valence-electron chi connectivity index (χ2n) is 4.58. The van der Waals surface area contributed by atoms with E-state index in [0.29, 0.717) is 19.4 Å². The summed E-state index contributed by atoms with van der Waals surface area (Å²) in [5.41, 5.74) is 3.48. The summed E-state index contributed by atoms with van der Waals surface area (Å²) in [7, 11) is 0. The highest BCUT2D eigenvalue weighted by molar-refractivity contribution is 5.78. The van der Waals surface area contributed by atoms with Crippen molar-refractivity contribution in [1.82, 2.24) is 5.32 Å². The second kappa shape index (κ2) is 6.40. The minimum atomic E-state index is -0.364. The Kier molecular flexibility index (Phi) is 5.16. The van der Waals surface area contributed by atoms with E-state index < -0.39 is 0 Å². The van der Waals surface area contributed by atoms with Gasteiger partial charge in [0.25, 0.3) is 0 Å². The Balaban J connectivity index is 2.42. The van der Waals surface area contributed by atoms with Gasteiger partial charge in [0.15, 0.2) is 0 Å². The molecule has 0 bridgehead atoms. The van der Waals surface area contributed by atoms with Gasteiger partial charge < -0.3 is 10.4 Å². The molecule has 1 aromatic rings. The molecule has 2 N–H and O–H groups in total. The summed E-state index contributed by atoms with van der Waals surface area (Å²) in [6, 6.07) is 6.06. The fourth-order valence-corrected chi connectivity index (χ4v) is 1.58.